The standard InChI is InChI=1S/C10H6F3N3OS/c11-6-1-2-7(12)9(13)5(6)3-14-16-10-15-8(17)4-18-10/h1-3H,4H2,(H,15,16,17). The van der Waals surface area contributed by atoms with Crippen LogP contribution < -0.4 is 5.32 Å². The summed E-state index contributed by atoms with van der Waals surface area (Å²) < 4.78 is 39.2. The molecule has 8 heteroatoms. The third-order valence-corrected chi connectivity index (χ3v) is 2.86. The van der Waals surface area contributed by atoms with Gasteiger partial charge in [-0.1, -0.05) is 11.8 Å². The van der Waals surface area contributed by atoms with Crippen LogP contribution in [0.4, 0.5) is 13.2 Å². The smallest absolute Gasteiger partial charge is 0.236 e. The minimum atomic E-state index is -1.33. The van der Waals surface area contributed by atoms with E-state index in [1.807, 2.05) is 0 Å². The fourth-order valence-corrected chi connectivity index (χ4v) is 1.81. The van der Waals surface area contributed by atoms with Gasteiger partial charge in [0.15, 0.2) is 16.8 Å². The fraction of sp³-hybridized carbons (Fsp3) is 0.100. The predicted octanol–water partition coefficient (Wildman–Crippen LogP) is 1.66. The average Bonchev–Trinajstić information content (AvgIpc) is 2.74. The molecule has 1 saturated heterocycles. The van der Waals surface area contributed by atoms with E-state index in [9.17, 15) is 18.0 Å². The van der Waals surface area contributed by atoms with Crippen molar-refractivity contribution in [3.05, 3.63) is 35.1 Å². The minimum Gasteiger partial charge on any atom is -0.303 e. The first-order valence-electron chi connectivity index (χ1n) is 4.75. The van der Waals surface area contributed by atoms with Crippen LogP contribution in [0, 0.1) is 17.5 Å². The number of nitrogens with one attached hydrogen (secondary N) is 1. The Kier molecular flexibility index (Phi) is 3.66. The molecule has 1 aliphatic heterocycles. The number of thioether (sulfide) groups is 1. The van der Waals surface area contributed by atoms with Gasteiger partial charge in [0.2, 0.25) is 5.91 Å². The highest BCUT2D eigenvalue weighted by Gasteiger charge is 2.16. The summed E-state index contributed by atoms with van der Waals surface area (Å²) in [5.74, 6) is -3.45. The molecule has 94 valence electrons. The maximum Gasteiger partial charge on any atom is 0.236 e. The van der Waals surface area contributed by atoms with Gasteiger partial charge in [-0.3, -0.25) is 4.79 Å². The SMILES string of the molecule is O=C1CSC(=NN=Cc2c(F)ccc(F)c2F)N1. The molecule has 0 radical (unpaired) electrons. The number of amidine groups is 1. The second kappa shape index (κ2) is 5.21. The third-order valence-electron chi connectivity index (χ3n) is 2.00. The van der Waals surface area contributed by atoms with Crippen molar-refractivity contribution < 1.29 is 18.0 Å². The van der Waals surface area contributed by atoms with Crippen molar-refractivity contribution in [3.63, 3.8) is 0 Å². The molecule has 0 atom stereocenters. The van der Waals surface area contributed by atoms with Crippen molar-refractivity contribution in [3.8, 4) is 0 Å². The van der Waals surface area contributed by atoms with Crippen LogP contribution in [0.1, 0.15) is 5.56 Å². The Morgan fingerprint density at radius 3 is 2.67 bits per heavy atom. The minimum absolute atomic E-state index is 0.219. The van der Waals surface area contributed by atoms with Gasteiger partial charge in [-0.2, -0.15) is 5.10 Å². The molecule has 1 fully saturated rings. The van der Waals surface area contributed by atoms with Gasteiger partial charge in [0, 0.05) is 0 Å². The van der Waals surface area contributed by atoms with Crippen molar-refractivity contribution in [2.75, 3.05) is 5.75 Å². The fourth-order valence-electron chi connectivity index (χ4n) is 1.18. The summed E-state index contributed by atoms with van der Waals surface area (Å²) in [5, 5.41) is 9.55. The number of nitrogens with zero attached hydrogens (tertiary/aromatic N) is 2. The molecule has 1 amide bonds. The Morgan fingerprint density at radius 1 is 1.28 bits per heavy atom. The Balaban J connectivity index is 2.19. The van der Waals surface area contributed by atoms with Crippen LogP contribution in [0.15, 0.2) is 22.3 Å². The summed E-state index contributed by atoms with van der Waals surface area (Å²) >= 11 is 1.11. The van der Waals surface area contributed by atoms with E-state index < -0.39 is 23.0 Å². The van der Waals surface area contributed by atoms with Gasteiger partial charge < -0.3 is 5.32 Å². The summed E-state index contributed by atoms with van der Waals surface area (Å²) in [6.45, 7) is 0. The lowest BCUT2D eigenvalue weighted by molar-refractivity contribution is -0.116. The van der Waals surface area contributed by atoms with Crippen molar-refractivity contribution in [2.24, 2.45) is 10.2 Å². The van der Waals surface area contributed by atoms with Crippen LogP contribution in [-0.2, 0) is 4.79 Å². The highest BCUT2D eigenvalue weighted by molar-refractivity contribution is 8.15. The van der Waals surface area contributed by atoms with E-state index in [4.69, 9.17) is 0 Å². The number of halogens is 3. The zero-order chi connectivity index (χ0) is 13.1. The van der Waals surface area contributed by atoms with Crippen molar-refractivity contribution in [2.45, 2.75) is 0 Å². The average molecular weight is 273 g/mol. The van der Waals surface area contributed by atoms with E-state index in [0.717, 1.165) is 24.0 Å². The van der Waals surface area contributed by atoms with Crippen LogP contribution in [0.5, 0.6) is 0 Å². The number of hydrogen-bond acceptors (Lipinski definition) is 4. The quantitative estimate of drug-likeness (QED) is 0.506. The number of carbonyl (C=O) groups excluding carboxylic acids is 1. The summed E-state index contributed by atoms with van der Waals surface area (Å²) in [6.07, 6.45) is 0.756. The van der Waals surface area contributed by atoms with Crippen LogP contribution in [-0.4, -0.2) is 23.0 Å². The molecule has 1 N–H and O–H groups in total. The molecule has 1 heterocycles. The first-order chi connectivity index (χ1) is 8.58. The van der Waals surface area contributed by atoms with Gasteiger partial charge in [-0.05, 0) is 12.1 Å². The van der Waals surface area contributed by atoms with Crippen molar-refractivity contribution >= 4 is 29.1 Å². The topological polar surface area (TPSA) is 53.8 Å². The van der Waals surface area contributed by atoms with E-state index in [0.29, 0.717) is 6.07 Å². The summed E-state index contributed by atoms with van der Waals surface area (Å²) in [7, 11) is 0. The summed E-state index contributed by atoms with van der Waals surface area (Å²) in [5.41, 5.74) is -0.617. The summed E-state index contributed by atoms with van der Waals surface area (Å²) in [6, 6.07) is 1.47. The molecule has 1 aliphatic rings. The molecule has 0 aromatic heterocycles. The highest BCUT2D eigenvalue weighted by atomic mass is 32.2. The molecule has 4 nitrogen and oxygen atoms in total. The second-order valence-corrected chi connectivity index (χ2v) is 4.21. The first-order valence-corrected chi connectivity index (χ1v) is 5.73. The number of rotatable bonds is 2. The van der Waals surface area contributed by atoms with E-state index in [1.54, 1.807) is 0 Å². The van der Waals surface area contributed by atoms with Gasteiger partial charge in [0.05, 0.1) is 17.5 Å². The molecule has 0 spiro atoms. The lowest BCUT2D eigenvalue weighted by atomic mass is 10.2. The zero-order valence-corrected chi connectivity index (χ0v) is 9.60. The Morgan fingerprint density at radius 2 is 2.00 bits per heavy atom. The Hall–Kier alpha value is -1.83. The van der Waals surface area contributed by atoms with Gasteiger partial charge in [0.25, 0.3) is 0 Å². The maximum absolute atomic E-state index is 13.2. The van der Waals surface area contributed by atoms with Crippen LogP contribution in [0.2, 0.25) is 0 Å². The molecule has 0 unspecified atom stereocenters. The van der Waals surface area contributed by atoms with E-state index in [1.165, 1.54) is 0 Å². The number of hydrogen-bond donors (Lipinski definition) is 1. The molecule has 1 aromatic rings. The predicted molar refractivity (Wildman–Crippen MR) is 61.9 cm³/mol. The molecule has 1 aromatic carbocycles. The maximum atomic E-state index is 13.2. The van der Waals surface area contributed by atoms with Gasteiger partial charge in [0.1, 0.15) is 5.82 Å². The van der Waals surface area contributed by atoms with E-state index in [-0.39, 0.29) is 16.8 Å². The molecular formula is C10H6F3N3OS. The molecular weight excluding hydrogens is 267 g/mol. The lowest BCUT2D eigenvalue weighted by Gasteiger charge is -1.98. The normalized spacial score (nSPS) is 17.7. The van der Waals surface area contributed by atoms with Gasteiger partial charge in [-0.15, -0.1) is 5.10 Å². The Labute approximate surface area is 104 Å². The largest absolute Gasteiger partial charge is 0.303 e. The monoisotopic (exact) mass is 273 g/mol. The van der Waals surface area contributed by atoms with Crippen LogP contribution in [0.25, 0.3) is 0 Å². The highest BCUT2D eigenvalue weighted by Crippen LogP contribution is 2.14. The third kappa shape index (κ3) is 2.70. The number of amides is 1. The lowest BCUT2D eigenvalue weighted by Crippen LogP contribution is -2.19. The molecule has 0 bridgehead atoms. The first kappa shape index (κ1) is 12.6. The van der Waals surface area contributed by atoms with E-state index >= 15 is 0 Å². The Bertz CT molecular complexity index is 560. The van der Waals surface area contributed by atoms with Crippen molar-refractivity contribution in [1.82, 2.24) is 5.32 Å². The van der Waals surface area contributed by atoms with Gasteiger partial charge >= 0.3 is 0 Å². The number of carbonyl (C=O) groups is 1. The van der Waals surface area contributed by atoms with Crippen LogP contribution >= 0.6 is 11.8 Å². The molecule has 18 heavy (non-hydrogen) atoms. The van der Waals surface area contributed by atoms with Crippen LogP contribution in [0.3, 0.4) is 0 Å². The number of benzene rings is 1. The van der Waals surface area contributed by atoms with E-state index in [2.05, 4.69) is 15.5 Å². The molecule has 0 saturated carbocycles. The zero-order valence-electron chi connectivity index (χ0n) is 8.78. The van der Waals surface area contributed by atoms with Gasteiger partial charge in [-0.25, -0.2) is 13.2 Å². The van der Waals surface area contributed by atoms with Crippen molar-refractivity contribution in [1.29, 1.82) is 0 Å². The molecule has 0 aliphatic carbocycles. The summed E-state index contributed by atoms with van der Waals surface area (Å²) in [4.78, 5) is 10.8. The molecule has 2 rings (SSSR count). The second-order valence-electron chi connectivity index (χ2n) is 3.24.